The van der Waals surface area contributed by atoms with Crippen molar-refractivity contribution in [1.29, 1.82) is 0 Å². The molecule has 2 aromatic heterocycles. The lowest BCUT2D eigenvalue weighted by atomic mass is 10.3. The fourth-order valence-corrected chi connectivity index (χ4v) is 1.58. The minimum atomic E-state index is -0.148. The lowest BCUT2D eigenvalue weighted by molar-refractivity contribution is -0.117. The smallest absolute Gasteiger partial charge is 0.247 e. The first-order valence-corrected chi connectivity index (χ1v) is 5.86. The molecule has 1 unspecified atom stereocenters. The molecule has 96 valence electrons. The van der Waals surface area contributed by atoms with E-state index in [1.165, 1.54) is 17.3 Å². The normalized spacial score (nSPS) is 12.3. The van der Waals surface area contributed by atoms with Gasteiger partial charge < -0.3 is 5.32 Å². The van der Waals surface area contributed by atoms with Gasteiger partial charge in [0.1, 0.15) is 25.0 Å². The van der Waals surface area contributed by atoms with Gasteiger partial charge in [-0.25, -0.2) is 14.3 Å². The molecule has 1 atom stereocenters. The number of carbonyl (C=O) groups excluding carboxylic acids is 1. The summed E-state index contributed by atoms with van der Waals surface area (Å²) in [5.41, 5.74) is 0. The molecule has 7 heteroatoms. The molecule has 0 saturated carbocycles. The molecule has 0 bridgehead atoms. The van der Waals surface area contributed by atoms with Gasteiger partial charge in [-0.2, -0.15) is 10.2 Å². The quantitative estimate of drug-likeness (QED) is 0.859. The molecule has 0 aliphatic heterocycles. The van der Waals surface area contributed by atoms with Crippen molar-refractivity contribution in [1.82, 2.24) is 24.5 Å². The van der Waals surface area contributed by atoms with Gasteiger partial charge in [0, 0.05) is 6.07 Å². The van der Waals surface area contributed by atoms with Crippen LogP contribution in [0.25, 0.3) is 0 Å². The molecule has 2 rings (SSSR count). The van der Waals surface area contributed by atoms with Crippen LogP contribution in [0.3, 0.4) is 0 Å². The zero-order valence-electron chi connectivity index (χ0n) is 10.4. The number of amides is 1. The third kappa shape index (κ3) is 2.73. The van der Waals surface area contributed by atoms with E-state index in [9.17, 15) is 4.79 Å². The first kappa shape index (κ1) is 12.3. The highest BCUT2D eigenvalue weighted by atomic mass is 16.2. The SMILES string of the molecule is CCC(C)n1nccc1NC(=O)Cn1cncn1. The third-order valence-corrected chi connectivity index (χ3v) is 2.72. The van der Waals surface area contributed by atoms with E-state index < -0.39 is 0 Å². The van der Waals surface area contributed by atoms with Gasteiger partial charge in [-0.3, -0.25) is 4.79 Å². The Balaban J connectivity index is 2.01. The molecule has 0 aliphatic carbocycles. The standard InChI is InChI=1S/C11H16N6O/c1-3-9(2)17-10(4-5-13-17)15-11(18)6-16-8-12-7-14-16/h4-5,7-9H,3,6H2,1-2H3,(H,15,18). The summed E-state index contributed by atoms with van der Waals surface area (Å²) in [6.45, 7) is 4.28. The Bertz CT molecular complexity index is 503. The van der Waals surface area contributed by atoms with Gasteiger partial charge in [0.15, 0.2) is 0 Å². The second-order valence-corrected chi connectivity index (χ2v) is 4.06. The largest absolute Gasteiger partial charge is 0.309 e. The number of aromatic nitrogens is 5. The summed E-state index contributed by atoms with van der Waals surface area (Å²) < 4.78 is 3.28. The van der Waals surface area contributed by atoms with Gasteiger partial charge in [-0.15, -0.1) is 0 Å². The molecule has 0 spiro atoms. The van der Waals surface area contributed by atoms with Crippen LogP contribution in [-0.4, -0.2) is 30.5 Å². The second-order valence-electron chi connectivity index (χ2n) is 4.06. The van der Waals surface area contributed by atoms with Crippen LogP contribution >= 0.6 is 0 Å². The van der Waals surface area contributed by atoms with Gasteiger partial charge >= 0.3 is 0 Å². The summed E-state index contributed by atoms with van der Waals surface area (Å²) in [7, 11) is 0. The maximum Gasteiger partial charge on any atom is 0.247 e. The average Bonchev–Trinajstić information content (AvgIpc) is 2.99. The summed E-state index contributed by atoms with van der Waals surface area (Å²) >= 11 is 0. The molecule has 0 fully saturated rings. The maximum absolute atomic E-state index is 11.8. The second kappa shape index (κ2) is 5.44. The minimum Gasteiger partial charge on any atom is -0.309 e. The number of carbonyl (C=O) groups is 1. The fraction of sp³-hybridized carbons (Fsp3) is 0.455. The van der Waals surface area contributed by atoms with E-state index in [-0.39, 0.29) is 18.5 Å². The number of rotatable bonds is 5. The van der Waals surface area contributed by atoms with Crippen molar-refractivity contribution in [2.45, 2.75) is 32.9 Å². The van der Waals surface area contributed by atoms with E-state index in [0.717, 1.165) is 6.42 Å². The average molecular weight is 248 g/mol. The molecule has 0 aromatic carbocycles. The van der Waals surface area contributed by atoms with E-state index in [1.807, 2.05) is 0 Å². The van der Waals surface area contributed by atoms with Crippen molar-refractivity contribution in [3.8, 4) is 0 Å². The molecule has 7 nitrogen and oxygen atoms in total. The molecule has 0 radical (unpaired) electrons. The van der Waals surface area contributed by atoms with Crippen molar-refractivity contribution in [3.63, 3.8) is 0 Å². The van der Waals surface area contributed by atoms with E-state index >= 15 is 0 Å². The van der Waals surface area contributed by atoms with Crippen molar-refractivity contribution < 1.29 is 4.79 Å². The summed E-state index contributed by atoms with van der Waals surface area (Å²) in [5, 5.41) is 10.9. The van der Waals surface area contributed by atoms with Crippen LogP contribution in [0.5, 0.6) is 0 Å². The van der Waals surface area contributed by atoms with E-state index in [4.69, 9.17) is 0 Å². The molecule has 0 saturated heterocycles. The molecule has 2 aromatic rings. The van der Waals surface area contributed by atoms with Crippen LogP contribution in [0, 0.1) is 0 Å². The number of nitrogens with zero attached hydrogens (tertiary/aromatic N) is 5. The maximum atomic E-state index is 11.8. The van der Waals surface area contributed by atoms with Crippen molar-refractivity contribution in [2.24, 2.45) is 0 Å². The van der Waals surface area contributed by atoms with Gasteiger partial charge in [0.05, 0.1) is 12.2 Å². The monoisotopic (exact) mass is 248 g/mol. The Morgan fingerprint density at radius 1 is 1.50 bits per heavy atom. The zero-order chi connectivity index (χ0) is 13.0. The predicted molar refractivity (Wildman–Crippen MR) is 65.9 cm³/mol. The minimum absolute atomic E-state index is 0.145. The van der Waals surface area contributed by atoms with Crippen LogP contribution < -0.4 is 5.32 Å². The Morgan fingerprint density at radius 2 is 2.33 bits per heavy atom. The Hall–Kier alpha value is -2.18. The zero-order valence-corrected chi connectivity index (χ0v) is 10.4. The van der Waals surface area contributed by atoms with Crippen molar-refractivity contribution in [3.05, 3.63) is 24.9 Å². The fourth-order valence-electron chi connectivity index (χ4n) is 1.58. The van der Waals surface area contributed by atoms with E-state index in [1.54, 1.807) is 16.9 Å². The van der Waals surface area contributed by atoms with Gasteiger partial charge in [-0.05, 0) is 13.3 Å². The van der Waals surface area contributed by atoms with Crippen LogP contribution in [0.1, 0.15) is 26.3 Å². The summed E-state index contributed by atoms with van der Waals surface area (Å²) in [6.07, 6.45) is 5.53. The summed E-state index contributed by atoms with van der Waals surface area (Å²) in [4.78, 5) is 15.6. The van der Waals surface area contributed by atoms with Gasteiger partial charge in [0.25, 0.3) is 0 Å². The predicted octanol–water partition coefficient (Wildman–Crippen LogP) is 1.08. The summed E-state index contributed by atoms with van der Waals surface area (Å²) in [6, 6.07) is 2.03. The first-order valence-electron chi connectivity index (χ1n) is 5.86. The highest BCUT2D eigenvalue weighted by Gasteiger charge is 2.11. The third-order valence-electron chi connectivity index (χ3n) is 2.72. The van der Waals surface area contributed by atoms with Crippen LogP contribution in [0.2, 0.25) is 0 Å². The lowest BCUT2D eigenvalue weighted by Crippen LogP contribution is -2.22. The van der Waals surface area contributed by atoms with E-state index in [2.05, 4.69) is 34.3 Å². The van der Waals surface area contributed by atoms with Crippen LogP contribution in [-0.2, 0) is 11.3 Å². The molecule has 2 heterocycles. The number of hydrogen-bond acceptors (Lipinski definition) is 4. The van der Waals surface area contributed by atoms with Crippen LogP contribution in [0.4, 0.5) is 5.82 Å². The first-order chi connectivity index (χ1) is 8.70. The lowest BCUT2D eigenvalue weighted by Gasteiger charge is -2.14. The van der Waals surface area contributed by atoms with Crippen LogP contribution in [0.15, 0.2) is 24.9 Å². The number of nitrogens with one attached hydrogen (secondary N) is 1. The molecule has 1 amide bonds. The highest BCUT2D eigenvalue weighted by Crippen LogP contribution is 2.16. The molecule has 0 aliphatic rings. The van der Waals surface area contributed by atoms with E-state index in [0.29, 0.717) is 5.82 Å². The molecular formula is C11H16N6O. The molecular weight excluding hydrogens is 232 g/mol. The Morgan fingerprint density at radius 3 is 3.00 bits per heavy atom. The van der Waals surface area contributed by atoms with Crippen molar-refractivity contribution in [2.75, 3.05) is 5.32 Å². The summed E-state index contributed by atoms with van der Waals surface area (Å²) in [5.74, 6) is 0.556. The molecule has 18 heavy (non-hydrogen) atoms. The topological polar surface area (TPSA) is 77.6 Å². The Kier molecular flexibility index (Phi) is 3.71. The Labute approximate surface area is 105 Å². The molecule has 1 N–H and O–H groups in total. The number of hydrogen-bond donors (Lipinski definition) is 1. The highest BCUT2D eigenvalue weighted by molar-refractivity contribution is 5.89. The van der Waals surface area contributed by atoms with Crippen molar-refractivity contribution >= 4 is 11.7 Å². The van der Waals surface area contributed by atoms with Gasteiger partial charge in [0.2, 0.25) is 5.91 Å². The number of anilines is 1. The van der Waals surface area contributed by atoms with Gasteiger partial charge in [-0.1, -0.05) is 6.92 Å².